The number of anilines is 1. The Balaban J connectivity index is 2.21. The van der Waals surface area contributed by atoms with E-state index in [9.17, 15) is 4.79 Å². The molecule has 0 unspecified atom stereocenters. The van der Waals surface area contributed by atoms with Crippen LogP contribution >= 0.6 is 0 Å². The van der Waals surface area contributed by atoms with Crippen molar-refractivity contribution >= 4 is 11.7 Å². The average molecular weight is 260 g/mol. The Kier molecular flexibility index (Phi) is 3.79. The fourth-order valence-corrected chi connectivity index (χ4v) is 1.49. The van der Waals surface area contributed by atoms with Crippen molar-refractivity contribution in [3.05, 3.63) is 30.2 Å². The van der Waals surface area contributed by atoms with E-state index < -0.39 is 0 Å². The Morgan fingerprint density at radius 3 is 2.84 bits per heavy atom. The Labute approximate surface area is 111 Å². The monoisotopic (exact) mass is 260 g/mol. The van der Waals surface area contributed by atoms with Crippen molar-refractivity contribution in [3.63, 3.8) is 0 Å². The number of nitrogens with zero attached hydrogens (tertiary/aromatic N) is 3. The highest BCUT2D eigenvalue weighted by atomic mass is 16.5. The molecule has 6 heteroatoms. The smallest absolute Gasteiger partial charge is 0.321 e. The predicted molar refractivity (Wildman–Crippen MR) is 71.8 cm³/mol. The number of carbonyl (C=O) groups is 1. The Hall–Kier alpha value is -2.37. The third-order valence-electron chi connectivity index (χ3n) is 2.55. The van der Waals surface area contributed by atoms with Crippen LogP contribution in [0.3, 0.4) is 0 Å². The molecule has 1 N–H and O–H groups in total. The Morgan fingerprint density at radius 2 is 2.21 bits per heavy atom. The van der Waals surface area contributed by atoms with E-state index in [0.29, 0.717) is 23.8 Å². The van der Waals surface area contributed by atoms with Gasteiger partial charge in [0.15, 0.2) is 0 Å². The third-order valence-corrected chi connectivity index (χ3v) is 2.55. The minimum Gasteiger partial charge on any atom is -0.339 e. The number of urea groups is 1. The van der Waals surface area contributed by atoms with E-state index in [1.165, 1.54) is 4.90 Å². The first-order valence-corrected chi connectivity index (χ1v) is 6.01. The summed E-state index contributed by atoms with van der Waals surface area (Å²) < 4.78 is 5.07. The number of rotatable bonds is 3. The summed E-state index contributed by atoms with van der Waals surface area (Å²) in [5.41, 5.74) is 1.50. The molecule has 0 aliphatic rings. The van der Waals surface area contributed by atoms with E-state index in [2.05, 4.69) is 15.5 Å². The summed E-state index contributed by atoms with van der Waals surface area (Å²) in [5, 5.41) is 6.68. The minimum atomic E-state index is -0.181. The van der Waals surface area contributed by atoms with Crippen LogP contribution in [0.25, 0.3) is 11.4 Å². The standard InChI is InChI=1S/C13H16N4O2/c1-4-11-15-12(16-19-11)9-6-5-7-10(8-9)14-13(18)17(2)3/h5-8H,4H2,1-3H3,(H,14,18). The van der Waals surface area contributed by atoms with Crippen LogP contribution in [-0.2, 0) is 6.42 Å². The van der Waals surface area contributed by atoms with Gasteiger partial charge in [0.25, 0.3) is 0 Å². The number of aromatic nitrogens is 2. The topological polar surface area (TPSA) is 71.3 Å². The molecule has 2 amide bonds. The molecule has 0 aliphatic heterocycles. The van der Waals surface area contributed by atoms with Crippen molar-refractivity contribution in [2.75, 3.05) is 19.4 Å². The zero-order valence-corrected chi connectivity index (χ0v) is 11.2. The van der Waals surface area contributed by atoms with Gasteiger partial charge in [0.1, 0.15) is 0 Å². The van der Waals surface area contributed by atoms with Crippen molar-refractivity contribution in [2.45, 2.75) is 13.3 Å². The van der Waals surface area contributed by atoms with Gasteiger partial charge in [-0.2, -0.15) is 4.98 Å². The number of amides is 2. The molecule has 100 valence electrons. The zero-order valence-electron chi connectivity index (χ0n) is 11.2. The third kappa shape index (κ3) is 3.09. The van der Waals surface area contributed by atoms with Crippen LogP contribution in [0.2, 0.25) is 0 Å². The molecule has 0 fully saturated rings. The largest absolute Gasteiger partial charge is 0.339 e. The van der Waals surface area contributed by atoms with Gasteiger partial charge in [0.2, 0.25) is 11.7 Å². The van der Waals surface area contributed by atoms with Crippen molar-refractivity contribution in [1.29, 1.82) is 0 Å². The average Bonchev–Trinajstić information content (AvgIpc) is 2.87. The second-order valence-corrected chi connectivity index (χ2v) is 4.27. The molecule has 1 aromatic carbocycles. The number of aryl methyl sites for hydroxylation is 1. The molecular weight excluding hydrogens is 244 g/mol. The lowest BCUT2D eigenvalue weighted by atomic mass is 10.2. The number of carbonyl (C=O) groups excluding carboxylic acids is 1. The summed E-state index contributed by atoms with van der Waals surface area (Å²) in [6.45, 7) is 1.95. The lowest BCUT2D eigenvalue weighted by Crippen LogP contribution is -2.27. The highest BCUT2D eigenvalue weighted by molar-refractivity contribution is 5.89. The second kappa shape index (κ2) is 5.51. The molecule has 0 bridgehead atoms. The molecule has 2 rings (SSSR count). The van der Waals surface area contributed by atoms with Crippen LogP contribution in [0, 0.1) is 0 Å². The van der Waals surface area contributed by atoms with Crippen LogP contribution in [0.4, 0.5) is 10.5 Å². The summed E-state index contributed by atoms with van der Waals surface area (Å²) in [6.07, 6.45) is 0.698. The van der Waals surface area contributed by atoms with Gasteiger partial charge in [-0.15, -0.1) is 0 Å². The quantitative estimate of drug-likeness (QED) is 0.919. The molecule has 1 heterocycles. The van der Waals surface area contributed by atoms with Gasteiger partial charge < -0.3 is 14.7 Å². The maximum absolute atomic E-state index is 11.6. The zero-order chi connectivity index (χ0) is 13.8. The number of benzene rings is 1. The lowest BCUT2D eigenvalue weighted by molar-refractivity contribution is 0.230. The maximum Gasteiger partial charge on any atom is 0.321 e. The summed E-state index contributed by atoms with van der Waals surface area (Å²) in [4.78, 5) is 17.3. The summed E-state index contributed by atoms with van der Waals surface area (Å²) in [5.74, 6) is 1.12. The van der Waals surface area contributed by atoms with Crippen molar-refractivity contribution < 1.29 is 9.32 Å². The van der Waals surface area contributed by atoms with Crippen LogP contribution in [0.5, 0.6) is 0 Å². The molecule has 0 atom stereocenters. The van der Waals surface area contributed by atoms with Crippen LogP contribution in [0.15, 0.2) is 28.8 Å². The van der Waals surface area contributed by atoms with E-state index in [0.717, 1.165) is 5.56 Å². The summed E-state index contributed by atoms with van der Waals surface area (Å²) in [7, 11) is 3.37. The molecule has 6 nitrogen and oxygen atoms in total. The van der Waals surface area contributed by atoms with Crippen molar-refractivity contribution in [3.8, 4) is 11.4 Å². The molecule has 1 aromatic heterocycles. The van der Waals surface area contributed by atoms with E-state index in [-0.39, 0.29) is 6.03 Å². The summed E-state index contributed by atoms with van der Waals surface area (Å²) in [6, 6.07) is 7.15. The van der Waals surface area contributed by atoms with E-state index in [4.69, 9.17) is 4.52 Å². The van der Waals surface area contributed by atoms with Crippen LogP contribution in [-0.4, -0.2) is 35.2 Å². The van der Waals surface area contributed by atoms with E-state index >= 15 is 0 Å². The SMILES string of the molecule is CCc1nc(-c2cccc(NC(=O)N(C)C)c2)no1. The highest BCUT2D eigenvalue weighted by Crippen LogP contribution is 2.20. The normalized spacial score (nSPS) is 10.3. The fourth-order valence-electron chi connectivity index (χ4n) is 1.49. The molecule has 0 saturated carbocycles. The van der Waals surface area contributed by atoms with Crippen LogP contribution < -0.4 is 5.32 Å². The van der Waals surface area contributed by atoms with Crippen molar-refractivity contribution in [2.24, 2.45) is 0 Å². The van der Waals surface area contributed by atoms with Crippen molar-refractivity contribution in [1.82, 2.24) is 15.0 Å². The molecule has 0 aliphatic carbocycles. The predicted octanol–water partition coefficient (Wildman–Crippen LogP) is 2.39. The maximum atomic E-state index is 11.6. The number of hydrogen-bond acceptors (Lipinski definition) is 4. The first kappa shape index (κ1) is 13.1. The van der Waals surface area contributed by atoms with Gasteiger partial charge in [0, 0.05) is 31.8 Å². The van der Waals surface area contributed by atoms with Gasteiger partial charge in [-0.25, -0.2) is 4.79 Å². The van der Waals surface area contributed by atoms with Gasteiger partial charge in [0.05, 0.1) is 0 Å². The second-order valence-electron chi connectivity index (χ2n) is 4.27. The minimum absolute atomic E-state index is 0.181. The first-order valence-electron chi connectivity index (χ1n) is 6.01. The molecular formula is C13H16N4O2. The molecule has 19 heavy (non-hydrogen) atoms. The van der Waals surface area contributed by atoms with E-state index in [1.54, 1.807) is 14.1 Å². The summed E-state index contributed by atoms with van der Waals surface area (Å²) >= 11 is 0. The Morgan fingerprint density at radius 1 is 1.42 bits per heavy atom. The van der Waals surface area contributed by atoms with Gasteiger partial charge in [-0.05, 0) is 12.1 Å². The Bertz CT molecular complexity index is 578. The van der Waals surface area contributed by atoms with Gasteiger partial charge >= 0.3 is 6.03 Å². The molecule has 0 radical (unpaired) electrons. The molecule has 2 aromatic rings. The molecule has 0 spiro atoms. The van der Waals surface area contributed by atoms with E-state index in [1.807, 2.05) is 31.2 Å². The lowest BCUT2D eigenvalue weighted by Gasteiger charge is -2.12. The number of nitrogens with one attached hydrogen (secondary N) is 1. The van der Waals surface area contributed by atoms with Crippen LogP contribution in [0.1, 0.15) is 12.8 Å². The molecule has 0 saturated heterocycles. The number of hydrogen-bond donors (Lipinski definition) is 1. The fraction of sp³-hybridized carbons (Fsp3) is 0.308. The first-order chi connectivity index (χ1) is 9.10. The van der Waals surface area contributed by atoms with Gasteiger partial charge in [-0.1, -0.05) is 24.2 Å². The highest BCUT2D eigenvalue weighted by Gasteiger charge is 2.09. The van der Waals surface area contributed by atoms with Gasteiger partial charge in [-0.3, -0.25) is 0 Å².